The molecule has 2 aromatic heterocycles. The van der Waals surface area contributed by atoms with E-state index in [-0.39, 0.29) is 17.3 Å². The molecule has 0 saturated carbocycles. The van der Waals surface area contributed by atoms with Gasteiger partial charge in [-0.05, 0) is 45.4 Å². The van der Waals surface area contributed by atoms with Gasteiger partial charge in [0.05, 0.1) is 34.7 Å². The first kappa shape index (κ1) is 22.8. The van der Waals surface area contributed by atoms with Gasteiger partial charge in [-0.2, -0.15) is 5.10 Å². The van der Waals surface area contributed by atoms with Gasteiger partial charge in [0.2, 0.25) is 0 Å². The van der Waals surface area contributed by atoms with Crippen LogP contribution >= 0.6 is 0 Å². The molecule has 0 bridgehead atoms. The third-order valence-electron chi connectivity index (χ3n) is 4.46. The van der Waals surface area contributed by atoms with Crippen LogP contribution in [0.1, 0.15) is 25.1 Å². The van der Waals surface area contributed by atoms with Crippen molar-refractivity contribution in [3.8, 4) is 22.5 Å². The summed E-state index contributed by atoms with van der Waals surface area (Å²) in [5.74, 6) is 0.253. The molecule has 0 spiro atoms. The van der Waals surface area contributed by atoms with E-state index in [1.165, 1.54) is 32.2 Å². The van der Waals surface area contributed by atoms with E-state index in [4.69, 9.17) is 10.6 Å². The third kappa shape index (κ3) is 5.25. The first-order valence-corrected chi connectivity index (χ1v) is 11.0. The van der Waals surface area contributed by atoms with E-state index in [9.17, 15) is 13.5 Å². The zero-order valence-electron chi connectivity index (χ0n) is 18.0. The first-order valence-electron chi connectivity index (χ1n) is 9.47. The molecule has 0 radical (unpaired) electrons. The summed E-state index contributed by atoms with van der Waals surface area (Å²) in [4.78, 5) is 15.9. The zero-order valence-corrected chi connectivity index (χ0v) is 18.9. The molecular formula is C20H26N6O4S. The minimum absolute atomic E-state index is 0.0124. The van der Waals surface area contributed by atoms with E-state index in [1.54, 1.807) is 24.0 Å². The van der Waals surface area contributed by atoms with Gasteiger partial charge in [0.15, 0.2) is 0 Å². The lowest BCUT2D eigenvalue weighted by atomic mass is 10.1. The van der Waals surface area contributed by atoms with Gasteiger partial charge in [-0.25, -0.2) is 18.4 Å². The number of nitrogens with one attached hydrogen (secondary N) is 1. The van der Waals surface area contributed by atoms with Crippen molar-refractivity contribution in [3.05, 3.63) is 41.9 Å². The maximum atomic E-state index is 12.6. The molecule has 0 aliphatic carbocycles. The summed E-state index contributed by atoms with van der Waals surface area (Å²) in [5, 5.41) is 14.0. The fourth-order valence-electron chi connectivity index (χ4n) is 2.93. The Hall–Kier alpha value is -2.86. The van der Waals surface area contributed by atoms with Gasteiger partial charge in [-0.3, -0.25) is 9.52 Å². The normalized spacial score (nSPS) is 12.3. The molecule has 10 nitrogen and oxygen atoms in total. The maximum Gasteiger partial charge on any atom is 0.262 e. The number of aliphatic hydroxyl groups is 1. The van der Waals surface area contributed by atoms with Crippen molar-refractivity contribution >= 4 is 15.8 Å². The number of hydrogen-bond acceptors (Lipinski definition) is 8. The predicted molar refractivity (Wildman–Crippen MR) is 116 cm³/mol. The summed E-state index contributed by atoms with van der Waals surface area (Å²) in [6.45, 7) is 6.50. The number of nitrogen functional groups attached to an aromatic ring is 1. The molecule has 166 valence electrons. The van der Waals surface area contributed by atoms with Crippen LogP contribution in [-0.2, 0) is 21.9 Å². The van der Waals surface area contributed by atoms with Gasteiger partial charge in [0.1, 0.15) is 11.5 Å². The number of nitrogens with zero attached hydrogens (tertiary/aromatic N) is 4. The molecule has 0 aliphatic rings. The van der Waals surface area contributed by atoms with E-state index < -0.39 is 15.6 Å². The fraction of sp³-hybridized carbons (Fsp3) is 0.350. The Morgan fingerprint density at radius 2 is 1.97 bits per heavy atom. The Morgan fingerprint density at radius 3 is 2.58 bits per heavy atom. The second-order valence-corrected chi connectivity index (χ2v) is 9.60. The Labute approximate surface area is 181 Å². The monoisotopic (exact) mass is 446 g/mol. The molecular weight excluding hydrogens is 420 g/mol. The van der Waals surface area contributed by atoms with Gasteiger partial charge in [0, 0.05) is 24.4 Å². The van der Waals surface area contributed by atoms with E-state index in [0.717, 1.165) is 16.8 Å². The summed E-state index contributed by atoms with van der Waals surface area (Å²) >= 11 is 0. The summed E-state index contributed by atoms with van der Waals surface area (Å²) in [5.41, 5.74) is 8.71. The molecule has 0 saturated heterocycles. The number of aromatic nitrogens is 4. The highest BCUT2D eigenvalue weighted by Crippen LogP contribution is 2.30. The van der Waals surface area contributed by atoms with Gasteiger partial charge >= 0.3 is 0 Å². The molecule has 0 fully saturated rings. The minimum atomic E-state index is -3.97. The highest BCUT2D eigenvalue weighted by Gasteiger charge is 2.20. The van der Waals surface area contributed by atoms with Gasteiger partial charge in [-0.1, -0.05) is 11.0 Å². The fourth-order valence-corrected chi connectivity index (χ4v) is 3.76. The standard InChI is InChI=1S/C20H26N6O4S/c1-12-6-7-14(31(28,29)25-30-11-20(3,4)27)8-15(12)17-9-22-19(21)18(23-17)16-10-26(5)24-13(16)2/h6-10,25,27H,11H2,1-5H3,(H2,21,22). The number of aryl methyl sites for hydroxylation is 3. The van der Waals surface area contributed by atoms with Gasteiger partial charge < -0.3 is 10.8 Å². The van der Waals surface area contributed by atoms with Crippen molar-refractivity contribution in [2.24, 2.45) is 7.05 Å². The minimum Gasteiger partial charge on any atom is -0.388 e. The van der Waals surface area contributed by atoms with Crippen LogP contribution in [-0.4, -0.2) is 45.5 Å². The Bertz CT molecular complexity index is 1210. The van der Waals surface area contributed by atoms with Crippen LogP contribution in [0.3, 0.4) is 0 Å². The van der Waals surface area contributed by atoms with E-state index in [1.807, 2.05) is 18.7 Å². The lowest BCUT2D eigenvalue weighted by molar-refractivity contribution is -0.0380. The molecule has 0 amide bonds. The maximum absolute atomic E-state index is 12.6. The number of rotatable bonds is 7. The van der Waals surface area contributed by atoms with Gasteiger partial charge in [-0.15, -0.1) is 0 Å². The summed E-state index contributed by atoms with van der Waals surface area (Å²) < 4.78 is 26.9. The zero-order chi connectivity index (χ0) is 23.0. The van der Waals surface area contributed by atoms with Crippen molar-refractivity contribution in [1.29, 1.82) is 0 Å². The molecule has 2 heterocycles. The SMILES string of the molecule is Cc1ccc(S(=O)(=O)NOCC(C)(C)O)cc1-c1cnc(N)c(-c2cn(C)nc2C)n1. The number of hydrogen-bond donors (Lipinski definition) is 3. The molecule has 31 heavy (non-hydrogen) atoms. The topological polar surface area (TPSA) is 145 Å². The molecule has 1 aromatic carbocycles. The average molecular weight is 447 g/mol. The van der Waals surface area contributed by atoms with Crippen LogP contribution in [0.4, 0.5) is 5.82 Å². The largest absolute Gasteiger partial charge is 0.388 e. The van der Waals surface area contributed by atoms with Crippen LogP contribution in [0.5, 0.6) is 0 Å². The third-order valence-corrected chi connectivity index (χ3v) is 5.67. The van der Waals surface area contributed by atoms with E-state index in [2.05, 4.69) is 15.1 Å². The van der Waals surface area contributed by atoms with Crippen molar-refractivity contribution in [2.45, 2.75) is 38.2 Å². The summed E-state index contributed by atoms with van der Waals surface area (Å²) in [6, 6.07) is 4.63. The van der Waals surface area contributed by atoms with Crippen molar-refractivity contribution in [2.75, 3.05) is 12.3 Å². The quantitative estimate of drug-likeness (QED) is 0.465. The van der Waals surface area contributed by atoms with E-state index in [0.29, 0.717) is 17.0 Å². The Kier molecular flexibility index (Phi) is 6.14. The lowest BCUT2D eigenvalue weighted by Crippen LogP contribution is -2.33. The average Bonchev–Trinajstić information content (AvgIpc) is 2.99. The summed E-state index contributed by atoms with van der Waals surface area (Å²) in [6.07, 6.45) is 3.30. The van der Waals surface area contributed by atoms with Crippen molar-refractivity contribution < 1.29 is 18.4 Å². The predicted octanol–water partition coefficient (Wildman–Crippen LogP) is 1.72. The Balaban J connectivity index is 1.99. The Morgan fingerprint density at radius 1 is 1.26 bits per heavy atom. The smallest absolute Gasteiger partial charge is 0.262 e. The molecule has 0 aliphatic heterocycles. The summed E-state index contributed by atoms with van der Waals surface area (Å²) in [7, 11) is -2.17. The van der Waals surface area contributed by atoms with Crippen molar-refractivity contribution in [3.63, 3.8) is 0 Å². The lowest BCUT2D eigenvalue weighted by Gasteiger charge is -2.17. The highest BCUT2D eigenvalue weighted by atomic mass is 32.2. The molecule has 0 unspecified atom stereocenters. The van der Waals surface area contributed by atoms with Crippen molar-refractivity contribution in [1.82, 2.24) is 24.6 Å². The van der Waals surface area contributed by atoms with Crippen LogP contribution in [0.2, 0.25) is 0 Å². The molecule has 3 rings (SSSR count). The number of benzene rings is 1. The number of nitrogens with two attached hydrogens (primary N) is 1. The van der Waals surface area contributed by atoms with Crippen LogP contribution in [0.25, 0.3) is 22.5 Å². The molecule has 0 atom stereocenters. The van der Waals surface area contributed by atoms with Gasteiger partial charge in [0.25, 0.3) is 10.0 Å². The highest BCUT2D eigenvalue weighted by molar-refractivity contribution is 7.89. The first-order chi connectivity index (χ1) is 14.4. The second-order valence-electron chi connectivity index (χ2n) is 7.96. The van der Waals surface area contributed by atoms with Crippen LogP contribution in [0, 0.1) is 13.8 Å². The van der Waals surface area contributed by atoms with Crippen LogP contribution < -0.4 is 10.6 Å². The number of sulfonamides is 1. The number of anilines is 1. The van der Waals surface area contributed by atoms with E-state index >= 15 is 0 Å². The molecule has 4 N–H and O–H groups in total. The van der Waals surface area contributed by atoms with Crippen LogP contribution in [0.15, 0.2) is 35.5 Å². The molecule has 11 heteroatoms. The second kappa shape index (κ2) is 8.35. The molecule has 3 aromatic rings.